The van der Waals surface area contributed by atoms with Crippen LogP contribution in [0.15, 0.2) is 76.7 Å². The van der Waals surface area contributed by atoms with Gasteiger partial charge in [0.05, 0.1) is 16.8 Å². The monoisotopic (exact) mass is 375 g/mol. The minimum Gasteiger partial charge on any atom is -0.464 e. The van der Waals surface area contributed by atoms with Gasteiger partial charge in [-0.25, -0.2) is 15.0 Å². The number of amidine groups is 1. The molecule has 4 aromatic rings. The highest BCUT2D eigenvalue weighted by molar-refractivity contribution is 7.18. The summed E-state index contributed by atoms with van der Waals surface area (Å²) in [5.74, 6) is 0.469. The Kier molecular flexibility index (Phi) is 5.63. The molecule has 134 valence electrons. The molecule has 4 rings (SSSR count). The summed E-state index contributed by atoms with van der Waals surface area (Å²) in [4.78, 5) is 22.4. The third-order valence-corrected chi connectivity index (χ3v) is 4.74. The molecule has 4 heterocycles. The topological polar surface area (TPSA) is 76.5 Å². The fraction of sp³-hybridized carbons (Fsp3) is 0.0500. The van der Waals surface area contributed by atoms with Crippen molar-refractivity contribution in [3.8, 4) is 21.1 Å². The zero-order valence-electron chi connectivity index (χ0n) is 14.8. The van der Waals surface area contributed by atoms with Gasteiger partial charge < -0.3 is 4.42 Å². The van der Waals surface area contributed by atoms with E-state index in [1.54, 1.807) is 37.0 Å². The van der Waals surface area contributed by atoms with Crippen molar-refractivity contribution in [2.75, 3.05) is 7.05 Å². The van der Waals surface area contributed by atoms with Crippen molar-refractivity contribution in [1.29, 1.82) is 0 Å². The summed E-state index contributed by atoms with van der Waals surface area (Å²) in [6.07, 6.45) is 7.00. The quantitative estimate of drug-likeness (QED) is 0.290. The molecule has 0 aromatic carbocycles. The summed E-state index contributed by atoms with van der Waals surface area (Å²) in [7, 11) is 1.66. The Labute approximate surface area is 160 Å². The van der Waals surface area contributed by atoms with Crippen molar-refractivity contribution in [2.45, 2.75) is 0 Å². The molecule has 0 aliphatic carbocycles. The van der Waals surface area contributed by atoms with Crippen LogP contribution in [-0.2, 0) is 0 Å². The summed E-state index contributed by atoms with van der Waals surface area (Å²) in [5.41, 5.74) is 3.10. The highest BCUT2D eigenvalue weighted by atomic mass is 32.1. The third kappa shape index (κ3) is 3.58. The second kappa shape index (κ2) is 8.29. The van der Waals surface area contributed by atoms with Crippen LogP contribution in [0.3, 0.4) is 0 Å². The molecular weight excluding hydrogens is 358 g/mol. The molecule has 27 heavy (non-hydrogen) atoms. The Morgan fingerprint density at radius 2 is 2.07 bits per heavy atom. The van der Waals surface area contributed by atoms with Crippen LogP contribution in [0.5, 0.6) is 0 Å². The van der Waals surface area contributed by atoms with Crippen LogP contribution in [0.2, 0.25) is 0 Å². The van der Waals surface area contributed by atoms with Crippen molar-refractivity contribution in [2.24, 2.45) is 9.98 Å². The lowest BCUT2D eigenvalue weighted by Gasteiger charge is -2.04. The second-order valence-corrected chi connectivity index (χ2v) is 6.20. The highest BCUT2D eigenvalue weighted by Crippen LogP contribution is 2.35. The molecular formula is C20H17N5OS. The lowest BCUT2D eigenvalue weighted by molar-refractivity contribution is 0.615. The van der Waals surface area contributed by atoms with Crippen molar-refractivity contribution < 1.29 is 4.42 Å². The fourth-order valence-electron chi connectivity index (χ4n) is 2.54. The Hall–Kier alpha value is -3.45. The van der Waals surface area contributed by atoms with Crippen molar-refractivity contribution >= 4 is 34.9 Å². The number of fused-ring (bicyclic) bond motifs is 1. The molecule has 0 fully saturated rings. The van der Waals surface area contributed by atoms with Crippen LogP contribution >= 0.6 is 11.3 Å². The minimum atomic E-state index is 0.469. The smallest absolute Gasteiger partial charge is 0.172 e. The largest absolute Gasteiger partial charge is 0.464 e. The number of thiazole rings is 1. The van der Waals surface area contributed by atoms with Crippen LogP contribution in [-0.4, -0.2) is 34.6 Å². The van der Waals surface area contributed by atoms with Gasteiger partial charge in [0.15, 0.2) is 5.84 Å². The summed E-state index contributed by atoms with van der Waals surface area (Å²) < 4.78 is 5.57. The lowest BCUT2D eigenvalue weighted by Crippen LogP contribution is -2.01. The van der Waals surface area contributed by atoms with E-state index >= 15 is 0 Å². The first-order valence-corrected chi connectivity index (χ1v) is 8.80. The molecule has 7 heteroatoms. The molecule has 0 amide bonds. The van der Waals surface area contributed by atoms with Crippen LogP contribution in [0.4, 0.5) is 0 Å². The van der Waals surface area contributed by atoms with Crippen LogP contribution < -0.4 is 0 Å². The van der Waals surface area contributed by atoms with E-state index in [9.17, 15) is 0 Å². The number of rotatable bonds is 3. The van der Waals surface area contributed by atoms with Gasteiger partial charge >= 0.3 is 0 Å². The molecule has 0 aliphatic heterocycles. The number of pyridine rings is 2. The van der Waals surface area contributed by atoms with E-state index < -0.39 is 0 Å². The van der Waals surface area contributed by atoms with Crippen molar-refractivity contribution in [3.05, 3.63) is 68.0 Å². The molecule has 0 spiro atoms. The second-order valence-electron chi connectivity index (χ2n) is 5.17. The first kappa shape index (κ1) is 18.3. The van der Waals surface area contributed by atoms with Gasteiger partial charge in [-0.2, -0.15) is 0 Å². The van der Waals surface area contributed by atoms with E-state index in [2.05, 4.69) is 39.8 Å². The summed E-state index contributed by atoms with van der Waals surface area (Å²) in [5, 5.41) is 1.81. The summed E-state index contributed by atoms with van der Waals surface area (Å²) in [6, 6.07) is 7.59. The van der Waals surface area contributed by atoms with Crippen molar-refractivity contribution in [3.63, 3.8) is 0 Å². The third-order valence-electron chi connectivity index (χ3n) is 3.69. The van der Waals surface area contributed by atoms with Gasteiger partial charge in [-0.15, -0.1) is 24.5 Å². The average Bonchev–Trinajstić information content (AvgIpc) is 3.40. The van der Waals surface area contributed by atoms with Gasteiger partial charge in [-0.1, -0.05) is 0 Å². The number of nitrogens with zero attached hydrogens (tertiary/aromatic N) is 5. The summed E-state index contributed by atoms with van der Waals surface area (Å²) in [6.45, 7) is 9.55. The Bertz CT molecular complexity index is 1100. The van der Waals surface area contributed by atoms with E-state index in [0.29, 0.717) is 11.5 Å². The standard InChI is InChI=1S/C18H13N5OS.C2H4/c1-19-17(20-2)13-8-14-12(5-7-24-14)16(23-13)15-10-22-18(25-15)11-4-3-6-21-9-11;1-2/h3-10H,1H2,2H3;1-2H2. The van der Waals surface area contributed by atoms with Gasteiger partial charge in [0.25, 0.3) is 0 Å². The maximum absolute atomic E-state index is 5.57. The predicted molar refractivity (Wildman–Crippen MR) is 112 cm³/mol. The first-order valence-electron chi connectivity index (χ1n) is 7.99. The number of aliphatic imine (C=N–C) groups is 2. The number of hydrogen-bond donors (Lipinski definition) is 0. The molecule has 0 unspecified atom stereocenters. The SMILES string of the molecule is C=C.C=NC(=NC)c1cc2occc2c(-c2cnc(-c3cccnc3)s2)n1. The molecule has 0 saturated carbocycles. The average molecular weight is 375 g/mol. The lowest BCUT2D eigenvalue weighted by atomic mass is 10.2. The van der Waals surface area contributed by atoms with Crippen LogP contribution in [0.1, 0.15) is 5.69 Å². The molecule has 0 saturated heterocycles. The van der Waals surface area contributed by atoms with Gasteiger partial charge in [0.2, 0.25) is 0 Å². The zero-order chi connectivity index (χ0) is 19.2. The minimum absolute atomic E-state index is 0.469. The predicted octanol–water partition coefficient (Wildman–Crippen LogP) is 4.89. The number of hydrogen-bond acceptors (Lipinski definition) is 6. The van der Waals surface area contributed by atoms with Crippen LogP contribution in [0, 0.1) is 0 Å². The van der Waals surface area contributed by atoms with E-state index in [1.807, 2.05) is 30.5 Å². The fourth-order valence-corrected chi connectivity index (χ4v) is 3.45. The number of furan rings is 1. The first-order chi connectivity index (χ1) is 13.3. The maximum atomic E-state index is 5.57. The van der Waals surface area contributed by atoms with E-state index in [4.69, 9.17) is 9.40 Å². The Morgan fingerprint density at radius 3 is 2.78 bits per heavy atom. The van der Waals surface area contributed by atoms with Crippen LogP contribution in [0.25, 0.3) is 32.1 Å². The van der Waals surface area contributed by atoms with Crippen molar-refractivity contribution in [1.82, 2.24) is 15.0 Å². The van der Waals surface area contributed by atoms with Gasteiger partial charge in [0, 0.05) is 42.7 Å². The highest BCUT2D eigenvalue weighted by Gasteiger charge is 2.16. The van der Waals surface area contributed by atoms with Gasteiger partial charge in [-0.3, -0.25) is 9.98 Å². The molecule has 0 bridgehead atoms. The van der Waals surface area contributed by atoms with E-state index in [1.165, 1.54) is 0 Å². The number of aromatic nitrogens is 3. The van der Waals surface area contributed by atoms with E-state index in [-0.39, 0.29) is 0 Å². The van der Waals surface area contributed by atoms with E-state index in [0.717, 1.165) is 32.1 Å². The molecule has 4 aromatic heterocycles. The van der Waals surface area contributed by atoms with Gasteiger partial charge in [-0.05, 0) is 24.9 Å². The molecule has 0 aliphatic rings. The molecule has 0 atom stereocenters. The molecule has 0 radical (unpaired) electrons. The maximum Gasteiger partial charge on any atom is 0.172 e. The normalized spacial score (nSPS) is 11.1. The Balaban J connectivity index is 0.00000102. The zero-order valence-corrected chi connectivity index (χ0v) is 15.6. The molecule has 6 nitrogen and oxygen atoms in total. The molecule has 0 N–H and O–H groups in total. The Morgan fingerprint density at radius 1 is 1.22 bits per heavy atom. The summed E-state index contributed by atoms with van der Waals surface area (Å²) >= 11 is 1.55. The van der Waals surface area contributed by atoms with Gasteiger partial charge in [0.1, 0.15) is 16.3 Å².